The summed E-state index contributed by atoms with van der Waals surface area (Å²) in [5.74, 6) is -0.143. The van der Waals surface area contributed by atoms with E-state index in [2.05, 4.69) is 20.8 Å². The van der Waals surface area contributed by atoms with Gasteiger partial charge in [0.1, 0.15) is 0 Å². The number of unbranched alkanes of at least 4 members (excludes halogenated alkanes) is 1. The van der Waals surface area contributed by atoms with E-state index in [4.69, 9.17) is 18.0 Å². The van der Waals surface area contributed by atoms with Crippen LogP contribution in [0.2, 0.25) is 6.04 Å². The molecule has 5 nitrogen and oxygen atoms in total. The van der Waals surface area contributed by atoms with Crippen molar-refractivity contribution >= 4 is 14.8 Å². The summed E-state index contributed by atoms with van der Waals surface area (Å²) in [5, 5.41) is 0. The van der Waals surface area contributed by atoms with E-state index < -0.39 is 8.80 Å². The molecule has 0 aromatic heterocycles. The molecule has 0 radical (unpaired) electrons. The monoisotopic (exact) mass is 334 g/mol. The largest absolute Gasteiger partial charge is 0.500 e. The van der Waals surface area contributed by atoms with Gasteiger partial charge in [0.15, 0.2) is 0 Å². The van der Waals surface area contributed by atoms with Crippen molar-refractivity contribution in [3.05, 3.63) is 0 Å². The van der Waals surface area contributed by atoms with E-state index in [0.717, 1.165) is 38.1 Å². The second-order valence-electron chi connectivity index (χ2n) is 5.26. The Balaban J connectivity index is 4.35. The Morgan fingerprint density at radius 2 is 1.27 bits per heavy atom. The molecule has 0 rings (SSSR count). The van der Waals surface area contributed by atoms with Crippen LogP contribution in [-0.4, -0.2) is 41.2 Å². The summed E-state index contributed by atoms with van der Waals surface area (Å²) in [6.45, 7) is 10.5. The Kier molecular flexibility index (Phi) is 13.9. The number of rotatable bonds is 15. The number of carbonyl (C=O) groups is 1. The molecule has 0 atom stereocenters. The minimum absolute atomic E-state index is 0.143. The van der Waals surface area contributed by atoms with E-state index in [0.29, 0.717) is 32.8 Å². The van der Waals surface area contributed by atoms with E-state index in [9.17, 15) is 4.79 Å². The lowest BCUT2D eigenvalue weighted by Gasteiger charge is -2.29. The summed E-state index contributed by atoms with van der Waals surface area (Å²) in [4.78, 5) is 11.1. The van der Waals surface area contributed by atoms with Crippen LogP contribution in [0.25, 0.3) is 0 Å². The molecule has 132 valence electrons. The Morgan fingerprint density at radius 3 is 1.68 bits per heavy atom. The predicted molar refractivity (Wildman–Crippen MR) is 89.8 cm³/mol. The molecular weight excluding hydrogens is 300 g/mol. The molecule has 0 unspecified atom stereocenters. The standard InChI is InChI=1S/C16H34O5Si/c1-5-11-19-22(20-12-6-2,21-13-7-3)15-10-9-14-18-16(17)8-4/h5-15H2,1-4H3. The van der Waals surface area contributed by atoms with Crippen LogP contribution in [0.5, 0.6) is 0 Å². The van der Waals surface area contributed by atoms with Crippen molar-refractivity contribution < 1.29 is 22.8 Å². The predicted octanol–water partition coefficient (Wildman–Crippen LogP) is 3.94. The summed E-state index contributed by atoms with van der Waals surface area (Å²) >= 11 is 0. The fourth-order valence-corrected chi connectivity index (χ4v) is 4.76. The molecule has 0 aliphatic heterocycles. The van der Waals surface area contributed by atoms with Crippen molar-refractivity contribution in [3.8, 4) is 0 Å². The van der Waals surface area contributed by atoms with Gasteiger partial charge in [-0.1, -0.05) is 27.7 Å². The van der Waals surface area contributed by atoms with E-state index in [1.807, 2.05) is 0 Å². The van der Waals surface area contributed by atoms with Gasteiger partial charge in [0.05, 0.1) is 6.61 Å². The van der Waals surface area contributed by atoms with Crippen molar-refractivity contribution in [2.45, 2.75) is 72.3 Å². The van der Waals surface area contributed by atoms with Gasteiger partial charge in [0.2, 0.25) is 0 Å². The van der Waals surface area contributed by atoms with Crippen LogP contribution >= 0.6 is 0 Å². The van der Waals surface area contributed by atoms with Gasteiger partial charge in [-0.25, -0.2) is 0 Å². The van der Waals surface area contributed by atoms with Crippen LogP contribution in [0.3, 0.4) is 0 Å². The molecule has 0 fully saturated rings. The van der Waals surface area contributed by atoms with E-state index in [-0.39, 0.29) is 5.97 Å². The average Bonchev–Trinajstić information content (AvgIpc) is 2.55. The summed E-state index contributed by atoms with van der Waals surface area (Å²) in [5.41, 5.74) is 0. The van der Waals surface area contributed by atoms with Crippen molar-refractivity contribution in [1.29, 1.82) is 0 Å². The second-order valence-corrected chi connectivity index (χ2v) is 7.99. The van der Waals surface area contributed by atoms with Gasteiger partial charge in [0.25, 0.3) is 0 Å². The van der Waals surface area contributed by atoms with Crippen LogP contribution < -0.4 is 0 Å². The first-order chi connectivity index (χ1) is 10.6. The Hall–Kier alpha value is -0.433. The molecule has 0 aromatic rings. The molecule has 0 bridgehead atoms. The van der Waals surface area contributed by atoms with E-state index in [1.54, 1.807) is 6.92 Å². The first-order valence-corrected chi connectivity index (χ1v) is 10.6. The maximum absolute atomic E-state index is 11.1. The van der Waals surface area contributed by atoms with Gasteiger partial charge in [-0.15, -0.1) is 0 Å². The highest BCUT2D eigenvalue weighted by Gasteiger charge is 2.40. The van der Waals surface area contributed by atoms with Crippen molar-refractivity contribution in [2.75, 3.05) is 26.4 Å². The summed E-state index contributed by atoms with van der Waals surface area (Å²) in [6.07, 6.45) is 4.99. The lowest BCUT2D eigenvalue weighted by molar-refractivity contribution is -0.143. The number of ether oxygens (including phenoxy) is 1. The number of esters is 1. The smallest absolute Gasteiger partial charge is 0.466 e. The Labute approximate surface area is 137 Å². The molecule has 22 heavy (non-hydrogen) atoms. The zero-order valence-corrected chi connectivity index (χ0v) is 15.8. The SMILES string of the molecule is CCCO[Si](CCCCOC(=O)CC)(OCCC)OCCC. The lowest BCUT2D eigenvalue weighted by atomic mass is 10.3. The summed E-state index contributed by atoms with van der Waals surface area (Å²) in [6, 6.07) is 0.788. The minimum atomic E-state index is -2.58. The highest BCUT2D eigenvalue weighted by Crippen LogP contribution is 2.20. The molecule has 0 N–H and O–H groups in total. The van der Waals surface area contributed by atoms with Crippen LogP contribution in [0.1, 0.15) is 66.2 Å². The third-order valence-corrected chi connectivity index (χ3v) is 5.91. The number of carbonyl (C=O) groups excluding carboxylic acids is 1. The molecule has 0 aromatic carbocycles. The zero-order valence-electron chi connectivity index (χ0n) is 14.8. The molecular formula is C16H34O5Si. The highest BCUT2D eigenvalue weighted by molar-refractivity contribution is 6.60. The molecule has 6 heteroatoms. The quantitative estimate of drug-likeness (QED) is 0.258. The van der Waals surface area contributed by atoms with E-state index in [1.165, 1.54) is 0 Å². The average molecular weight is 335 g/mol. The molecule has 0 aliphatic carbocycles. The fourth-order valence-electron chi connectivity index (χ4n) is 1.85. The third-order valence-electron chi connectivity index (χ3n) is 3.01. The number of hydrogen-bond donors (Lipinski definition) is 0. The first kappa shape index (κ1) is 21.6. The van der Waals surface area contributed by atoms with E-state index >= 15 is 0 Å². The molecule has 0 saturated carbocycles. The van der Waals surface area contributed by atoms with Crippen LogP contribution in [0, 0.1) is 0 Å². The molecule has 0 aliphatic rings. The van der Waals surface area contributed by atoms with Crippen LogP contribution in [-0.2, 0) is 22.8 Å². The molecule has 0 saturated heterocycles. The van der Waals surface area contributed by atoms with Crippen LogP contribution in [0.15, 0.2) is 0 Å². The van der Waals surface area contributed by atoms with Crippen molar-refractivity contribution in [3.63, 3.8) is 0 Å². The molecule has 0 amide bonds. The summed E-state index contributed by atoms with van der Waals surface area (Å²) < 4.78 is 23.2. The second kappa shape index (κ2) is 14.2. The maximum atomic E-state index is 11.1. The van der Waals surface area contributed by atoms with Gasteiger partial charge >= 0.3 is 14.8 Å². The van der Waals surface area contributed by atoms with Gasteiger partial charge in [-0.3, -0.25) is 4.79 Å². The van der Waals surface area contributed by atoms with Crippen molar-refractivity contribution in [2.24, 2.45) is 0 Å². The van der Waals surface area contributed by atoms with Gasteiger partial charge in [-0.05, 0) is 32.1 Å². The fraction of sp³-hybridized carbons (Fsp3) is 0.938. The molecule has 0 spiro atoms. The normalized spacial score (nSPS) is 11.6. The third kappa shape index (κ3) is 10.3. The maximum Gasteiger partial charge on any atom is 0.500 e. The minimum Gasteiger partial charge on any atom is -0.466 e. The van der Waals surface area contributed by atoms with Crippen molar-refractivity contribution in [1.82, 2.24) is 0 Å². The molecule has 0 heterocycles. The highest BCUT2D eigenvalue weighted by atomic mass is 28.4. The van der Waals surface area contributed by atoms with Gasteiger partial charge in [-0.2, -0.15) is 0 Å². The Bertz CT molecular complexity index is 251. The zero-order chi connectivity index (χ0) is 16.7. The van der Waals surface area contributed by atoms with Gasteiger partial charge in [0, 0.05) is 32.3 Å². The van der Waals surface area contributed by atoms with Gasteiger partial charge < -0.3 is 18.0 Å². The Morgan fingerprint density at radius 1 is 0.773 bits per heavy atom. The topological polar surface area (TPSA) is 54.0 Å². The number of hydrogen-bond acceptors (Lipinski definition) is 5. The van der Waals surface area contributed by atoms with Crippen LogP contribution in [0.4, 0.5) is 0 Å². The lowest BCUT2D eigenvalue weighted by Crippen LogP contribution is -2.46. The summed E-state index contributed by atoms with van der Waals surface area (Å²) in [7, 11) is -2.58. The first-order valence-electron chi connectivity index (χ1n) is 8.71.